The molecule has 33 heavy (non-hydrogen) atoms. The van der Waals surface area contributed by atoms with Crippen LogP contribution in [0.15, 0.2) is 30.6 Å². The Morgan fingerprint density at radius 1 is 1.15 bits per heavy atom. The Morgan fingerprint density at radius 3 is 2.42 bits per heavy atom. The number of para-hydroxylation sites is 1. The van der Waals surface area contributed by atoms with E-state index < -0.39 is 50.2 Å². The van der Waals surface area contributed by atoms with E-state index in [4.69, 9.17) is 4.74 Å². The largest absolute Gasteiger partial charge is 0.370 e. The van der Waals surface area contributed by atoms with Gasteiger partial charge in [0.2, 0.25) is 0 Å². The van der Waals surface area contributed by atoms with Gasteiger partial charge in [0.05, 0.1) is 5.25 Å². The average molecular weight is 478 g/mol. The van der Waals surface area contributed by atoms with Gasteiger partial charge in [-0.1, -0.05) is 13.0 Å². The predicted molar refractivity (Wildman–Crippen MR) is 116 cm³/mol. The second-order valence-electron chi connectivity index (χ2n) is 8.30. The van der Waals surface area contributed by atoms with Gasteiger partial charge in [-0.3, -0.25) is 4.57 Å². The van der Waals surface area contributed by atoms with Crippen molar-refractivity contribution in [3.05, 3.63) is 65.3 Å². The van der Waals surface area contributed by atoms with Crippen LogP contribution in [0.1, 0.15) is 61.7 Å². The summed E-state index contributed by atoms with van der Waals surface area (Å²) in [6, 6.07) is 3.46. The molecular formula is C22H25F2N5O3S. The van der Waals surface area contributed by atoms with Crippen molar-refractivity contribution in [2.24, 2.45) is 0 Å². The van der Waals surface area contributed by atoms with Gasteiger partial charge in [-0.05, 0) is 44.4 Å². The molecule has 3 heterocycles. The van der Waals surface area contributed by atoms with Crippen molar-refractivity contribution in [2.45, 2.75) is 56.6 Å². The van der Waals surface area contributed by atoms with Crippen molar-refractivity contribution in [1.82, 2.24) is 24.7 Å². The van der Waals surface area contributed by atoms with Gasteiger partial charge >= 0.3 is 0 Å². The molecule has 1 aliphatic heterocycles. The van der Waals surface area contributed by atoms with E-state index >= 15 is 0 Å². The zero-order valence-corrected chi connectivity index (χ0v) is 19.4. The fourth-order valence-corrected chi connectivity index (χ4v) is 5.38. The van der Waals surface area contributed by atoms with Crippen LogP contribution in [0.2, 0.25) is 0 Å². The smallest absolute Gasteiger partial charge is 0.167 e. The lowest BCUT2D eigenvalue weighted by Gasteiger charge is -2.20. The summed E-state index contributed by atoms with van der Waals surface area (Å²) in [5.41, 5.74) is 0.448. The van der Waals surface area contributed by atoms with E-state index in [1.807, 2.05) is 6.92 Å². The topological polar surface area (TPSA) is 99.9 Å². The van der Waals surface area contributed by atoms with Gasteiger partial charge in [0, 0.05) is 24.9 Å². The molecule has 1 aromatic carbocycles. The highest BCUT2D eigenvalue weighted by Crippen LogP contribution is 2.32. The van der Waals surface area contributed by atoms with Gasteiger partial charge in [0.1, 0.15) is 35.0 Å². The summed E-state index contributed by atoms with van der Waals surface area (Å²) in [7, 11) is -3.83. The SMILES string of the molecule is Cc1cnc([C@@H](C)[C@H](C)S(=O)(=O)Cc2nnc([C@H]3CCCO3)n2-c2c(F)cccc2F)nc1. The summed E-state index contributed by atoms with van der Waals surface area (Å²) in [6.45, 7) is 5.62. The number of benzene rings is 1. The normalized spacial score (nSPS) is 18.4. The number of hydrogen-bond donors (Lipinski definition) is 0. The van der Waals surface area contributed by atoms with Crippen molar-refractivity contribution in [2.75, 3.05) is 6.61 Å². The third-order valence-corrected chi connectivity index (χ3v) is 8.14. The predicted octanol–water partition coefficient (Wildman–Crippen LogP) is 3.60. The van der Waals surface area contributed by atoms with Gasteiger partial charge in [-0.25, -0.2) is 27.2 Å². The molecule has 3 aromatic rings. The second-order valence-corrected chi connectivity index (χ2v) is 10.7. The van der Waals surface area contributed by atoms with E-state index in [0.29, 0.717) is 18.9 Å². The lowest BCUT2D eigenvalue weighted by molar-refractivity contribution is 0.103. The Labute approximate surface area is 191 Å². The van der Waals surface area contributed by atoms with Gasteiger partial charge < -0.3 is 4.74 Å². The first-order valence-corrected chi connectivity index (χ1v) is 12.4. The third-order valence-electron chi connectivity index (χ3n) is 5.94. The fourth-order valence-electron chi connectivity index (χ4n) is 3.83. The number of aromatic nitrogens is 5. The number of halogens is 2. The van der Waals surface area contributed by atoms with Crippen LogP contribution in [-0.2, 0) is 20.3 Å². The molecule has 3 atom stereocenters. The molecule has 0 spiro atoms. The minimum Gasteiger partial charge on any atom is -0.370 e. The zero-order valence-electron chi connectivity index (χ0n) is 18.6. The Bertz CT molecular complexity index is 1220. The van der Waals surface area contributed by atoms with E-state index in [0.717, 1.165) is 28.7 Å². The highest BCUT2D eigenvalue weighted by atomic mass is 32.2. The van der Waals surface area contributed by atoms with Crippen molar-refractivity contribution in [3.8, 4) is 5.69 Å². The van der Waals surface area contributed by atoms with Crippen LogP contribution in [0, 0.1) is 18.6 Å². The molecule has 1 fully saturated rings. The molecular weight excluding hydrogens is 452 g/mol. The Morgan fingerprint density at radius 2 is 1.82 bits per heavy atom. The van der Waals surface area contributed by atoms with Crippen LogP contribution >= 0.6 is 0 Å². The zero-order chi connectivity index (χ0) is 23.8. The standard InChI is InChI=1S/C22H25F2N5O3S/c1-13-10-25-21(26-11-13)14(2)15(3)33(30,31)12-19-27-28-22(18-8-5-9-32-18)29(19)20-16(23)6-4-7-17(20)24/h4,6-7,10-11,14-15,18H,5,8-9,12H2,1-3H3/t14-,15-,18+/m0/s1. The third kappa shape index (κ3) is 4.65. The molecule has 0 amide bonds. The summed E-state index contributed by atoms with van der Waals surface area (Å²) in [4.78, 5) is 8.48. The molecule has 1 saturated heterocycles. The Balaban J connectivity index is 1.72. The molecule has 0 unspecified atom stereocenters. The van der Waals surface area contributed by atoms with Crippen LogP contribution in [0.4, 0.5) is 8.78 Å². The second kappa shape index (κ2) is 9.22. The van der Waals surface area contributed by atoms with Crippen molar-refractivity contribution >= 4 is 9.84 Å². The summed E-state index contributed by atoms with van der Waals surface area (Å²) in [5, 5.41) is 7.23. The molecule has 2 aromatic heterocycles. The first-order chi connectivity index (χ1) is 15.7. The molecule has 4 rings (SSSR count). The Hall–Kier alpha value is -2.79. The van der Waals surface area contributed by atoms with E-state index in [1.54, 1.807) is 26.2 Å². The summed E-state index contributed by atoms with van der Waals surface area (Å²) in [5.74, 6) is -2.24. The van der Waals surface area contributed by atoms with Crippen molar-refractivity contribution in [3.63, 3.8) is 0 Å². The maximum atomic E-state index is 14.7. The van der Waals surface area contributed by atoms with Crippen LogP contribution in [-0.4, -0.2) is 45.0 Å². The minimum absolute atomic E-state index is 0.0756. The van der Waals surface area contributed by atoms with Crippen LogP contribution in [0.5, 0.6) is 0 Å². The van der Waals surface area contributed by atoms with E-state index in [1.165, 1.54) is 6.07 Å². The average Bonchev–Trinajstić information content (AvgIpc) is 3.43. The van der Waals surface area contributed by atoms with E-state index in [2.05, 4.69) is 20.2 Å². The monoisotopic (exact) mass is 477 g/mol. The lowest BCUT2D eigenvalue weighted by Crippen LogP contribution is -2.28. The van der Waals surface area contributed by atoms with Gasteiger partial charge in [0.25, 0.3) is 0 Å². The number of nitrogens with zero attached hydrogens (tertiary/aromatic N) is 5. The van der Waals surface area contributed by atoms with E-state index in [9.17, 15) is 17.2 Å². The first kappa shape index (κ1) is 23.4. The summed E-state index contributed by atoms with van der Waals surface area (Å²) < 4.78 is 62.8. The van der Waals surface area contributed by atoms with Gasteiger partial charge in [-0.2, -0.15) is 0 Å². The van der Waals surface area contributed by atoms with Crippen LogP contribution in [0.25, 0.3) is 5.69 Å². The van der Waals surface area contributed by atoms with Crippen molar-refractivity contribution < 1.29 is 21.9 Å². The maximum Gasteiger partial charge on any atom is 0.167 e. The van der Waals surface area contributed by atoms with Gasteiger partial charge in [-0.15, -0.1) is 10.2 Å². The molecule has 0 aliphatic carbocycles. The fraction of sp³-hybridized carbons (Fsp3) is 0.455. The molecule has 0 radical (unpaired) electrons. The highest BCUT2D eigenvalue weighted by molar-refractivity contribution is 7.91. The molecule has 0 saturated carbocycles. The quantitative estimate of drug-likeness (QED) is 0.513. The highest BCUT2D eigenvalue weighted by Gasteiger charge is 2.34. The molecule has 0 bridgehead atoms. The molecule has 176 valence electrons. The molecule has 11 heteroatoms. The first-order valence-electron chi connectivity index (χ1n) is 10.7. The number of rotatable bonds is 7. The molecule has 8 nitrogen and oxygen atoms in total. The number of hydrogen-bond acceptors (Lipinski definition) is 7. The van der Waals surface area contributed by atoms with Gasteiger partial charge in [0.15, 0.2) is 21.5 Å². The van der Waals surface area contributed by atoms with Crippen LogP contribution < -0.4 is 0 Å². The van der Waals surface area contributed by atoms with E-state index in [-0.39, 0.29) is 11.6 Å². The summed E-state index contributed by atoms with van der Waals surface area (Å²) in [6.07, 6.45) is 4.09. The molecule has 1 aliphatic rings. The Kier molecular flexibility index (Phi) is 6.53. The lowest BCUT2D eigenvalue weighted by atomic mass is 10.1. The maximum absolute atomic E-state index is 14.7. The van der Waals surface area contributed by atoms with Crippen molar-refractivity contribution in [1.29, 1.82) is 0 Å². The minimum atomic E-state index is -3.83. The number of sulfone groups is 1. The summed E-state index contributed by atoms with van der Waals surface area (Å²) >= 11 is 0. The molecule has 0 N–H and O–H groups in total. The van der Waals surface area contributed by atoms with Crippen LogP contribution in [0.3, 0.4) is 0 Å². The number of ether oxygens (including phenoxy) is 1. The number of aryl methyl sites for hydroxylation is 1.